The highest BCUT2D eigenvalue weighted by Gasteiger charge is 2.27. The number of rotatable bonds is 6. The molecule has 0 bridgehead atoms. The zero-order chi connectivity index (χ0) is 19.3. The van der Waals surface area contributed by atoms with Crippen LogP contribution in [0.3, 0.4) is 0 Å². The number of ether oxygens (including phenoxy) is 1. The van der Waals surface area contributed by atoms with Crippen LogP contribution in [0.1, 0.15) is 30.5 Å². The Hall–Kier alpha value is -3.13. The number of ketones is 1. The van der Waals surface area contributed by atoms with Gasteiger partial charge in [-0.2, -0.15) is 0 Å². The van der Waals surface area contributed by atoms with Crippen LogP contribution >= 0.6 is 0 Å². The van der Waals surface area contributed by atoms with Gasteiger partial charge in [-0.1, -0.05) is 66.2 Å². The Morgan fingerprint density at radius 3 is 2.22 bits per heavy atom. The van der Waals surface area contributed by atoms with Crippen molar-refractivity contribution in [3.63, 3.8) is 0 Å². The van der Waals surface area contributed by atoms with Gasteiger partial charge in [0.25, 0.3) is 0 Å². The number of benzene rings is 3. The number of carbonyl (C=O) groups is 1. The van der Waals surface area contributed by atoms with Crippen LogP contribution < -0.4 is 4.74 Å². The third-order valence-corrected chi connectivity index (χ3v) is 4.65. The van der Waals surface area contributed by atoms with Gasteiger partial charge in [0, 0.05) is 0 Å². The van der Waals surface area contributed by atoms with Gasteiger partial charge in [-0.15, -0.1) is 0 Å². The summed E-state index contributed by atoms with van der Waals surface area (Å²) in [5.74, 6) is 1.60. The molecule has 0 aliphatic heterocycles. The van der Waals surface area contributed by atoms with Gasteiger partial charge in [0.15, 0.2) is 5.78 Å². The summed E-state index contributed by atoms with van der Waals surface area (Å²) >= 11 is 0. The number of para-hydroxylation sites is 1. The smallest absolute Gasteiger partial charge is 0.165 e. The normalized spacial score (nSPS) is 11.5. The highest BCUT2D eigenvalue weighted by molar-refractivity contribution is 6.01. The summed E-state index contributed by atoms with van der Waals surface area (Å²) in [5, 5.41) is 0. The molecule has 0 saturated heterocycles. The molecule has 0 radical (unpaired) electrons. The molecule has 27 heavy (non-hydrogen) atoms. The van der Waals surface area contributed by atoms with Crippen LogP contribution in [-0.4, -0.2) is 5.78 Å². The molecule has 0 atom stereocenters. The van der Waals surface area contributed by atoms with E-state index in [0.29, 0.717) is 0 Å². The number of allylic oxidation sites excluding steroid dienone is 1. The molecular weight excluding hydrogens is 332 g/mol. The van der Waals surface area contributed by atoms with Crippen molar-refractivity contribution >= 4 is 11.9 Å². The molecule has 0 aliphatic carbocycles. The molecule has 0 fully saturated rings. The van der Waals surface area contributed by atoms with Gasteiger partial charge in [0.2, 0.25) is 0 Å². The van der Waals surface area contributed by atoms with Crippen molar-refractivity contribution in [2.75, 3.05) is 0 Å². The molecule has 0 aliphatic rings. The first-order chi connectivity index (χ1) is 12.9. The standard InChI is InChI=1S/C25H24O2/c1-19-12-15-21(16-13-19)25(2,3)24(26)17-14-20-8-7-11-23(18-20)27-22-9-5-4-6-10-22/h4-18H,1-3H3/b17-14+. The molecule has 0 N–H and O–H groups in total. The molecule has 3 rings (SSSR count). The Labute approximate surface area is 161 Å². The lowest BCUT2D eigenvalue weighted by Crippen LogP contribution is -2.27. The third-order valence-electron chi connectivity index (χ3n) is 4.65. The fourth-order valence-electron chi connectivity index (χ4n) is 2.80. The maximum absolute atomic E-state index is 12.8. The summed E-state index contributed by atoms with van der Waals surface area (Å²) in [7, 11) is 0. The van der Waals surface area contributed by atoms with E-state index < -0.39 is 5.41 Å². The van der Waals surface area contributed by atoms with Crippen LogP contribution in [-0.2, 0) is 10.2 Å². The first-order valence-corrected chi connectivity index (χ1v) is 9.08. The van der Waals surface area contributed by atoms with E-state index in [1.165, 1.54) is 5.56 Å². The van der Waals surface area contributed by atoms with Crippen LogP contribution in [0.5, 0.6) is 11.5 Å². The predicted molar refractivity (Wildman–Crippen MR) is 111 cm³/mol. The average Bonchev–Trinajstić information content (AvgIpc) is 2.67. The van der Waals surface area contributed by atoms with E-state index in [1.54, 1.807) is 6.08 Å². The molecule has 3 aromatic carbocycles. The fraction of sp³-hybridized carbons (Fsp3) is 0.160. The number of aryl methyl sites for hydroxylation is 1. The Morgan fingerprint density at radius 1 is 0.852 bits per heavy atom. The lowest BCUT2D eigenvalue weighted by molar-refractivity contribution is -0.118. The van der Waals surface area contributed by atoms with Crippen molar-refractivity contribution in [1.29, 1.82) is 0 Å². The van der Waals surface area contributed by atoms with Crippen LogP contribution in [0.25, 0.3) is 6.08 Å². The van der Waals surface area contributed by atoms with Gasteiger partial charge >= 0.3 is 0 Å². The van der Waals surface area contributed by atoms with E-state index in [4.69, 9.17) is 4.74 Å². The summed E-state index contributed by atoms with van der Waals surface area (Å²) in [6.45, 7) is 5.96. The average molecular weight is 356 g/mol. The molecule has 0 saturated carbocycles. The van der Waals surface area contributed by atoms with Crippen LogP contribution in [0, 0.1) is 6.92 Å². The largest absolute Gasteiger partial charge is 0.457 e. The van der Waals surface area contributed by atoms with Crippen LogP contribution in [0.2, 0.25) is 0 Å². The van der Waals surface area contributed by atoms with Crippen molar-refractivity contribution in [2.45, 2.75) is 26.2 Å². The van der Waals surface area contributed by atoms with Gasteiger partial charge in [-0.3, -0.25) is 4.79 Å². The Kier molecular flexibility index (Phi) is 5.56. The quantitative estimate of drug-likeness (QED) is 0.481. The van der Waals surface area contributed by atoms with Crippen molar-refractivity contribution < 1.29 is 9.53 Å². The van der Waals surface area contributed by atoms with Gasteiger partial charge < -0.3 is 4.74 Å². The molecule has 0 aromatic heterocycles. The summed E-state index contributed by atoms with van der Waals surface area (Å²) < 4.78 is 5.85. The second-order valence-electron chi connectivity index (χ2n) is 7.18. The van der Waals surface area contributed by atoms with Crippen molar-refractivity contribution in [2.24, 2.45) is 0 Å². The van der Waals surface area contributed by atoms with Gasteiger partial charge in [0.05, 0.1) is 5.41 Å². The van der Waals surface area contributed by atoms with Crippen LogP contribution in [0.15, 0.2) is 84.9 Å². The van der Waals surface area contributed by atoms with E-state index in [0.717, 1.165) is 22.6 Å². The molecule has 2 heteroatoms. The first kappa shape index (κ1) is 18.7. The minimum Gasteiger partial charge on any atom is -0.457 e. The second kappa shape index (κ2) is 8.05. The topological polar surface area (TPSA) is 26.3 Å². The fourth-order valence-corrected chi connectivity index (χ4v) is 2.80. The van der Waals surface area contributed by atoms with Crippen molar-refractivity contribution in [1.82, 2.24) is 0 Å². The van der Waals surface area contributed by atoms with E-state index in [-0.39, 0.29) is 5.78 Å². The summed E-state index contributed by atoms with van der Waals surface area (Å²) in [6, 6.07) is 25.5. The monoisotopic (exact) mass is 356 g/mol. The minimum absolute atomic E-state index is 0.0701. The van der Waals surface area contributed by atoms with Crippen molar-refractivity contribution in [3.8, 4) is 11.5 Å². The molecule has 2 nitrogen and oxygen atoms in total. The first-order valence-electron chi connectivity index (χ1n) is 9.08. The van der Waals surface area contributed by atoms with Crippen molar-refractivity contribution in [3.05, 3.63) is 102 Å². The van der Waals surface area contributed by atoms with E-state index in [2.05, 4.69) is 0 Å². The van der Waals surface area contributed by atoms with Gasteiger partial charge in [-0.25, -0.2) is 0 Å². The number of hydrogen-bond acceptors (Lipinski definition) is 2. The molecule has 0 unspecified atom stereocenters. The molecule has 0 spiro atoms. The lowest BCUT2D eigenvalue weighted by Gasteiger charge is -2.22. The predicted octanol–water partition coefficient (Wildman–Crippen LogP) is 6.35. The molecular formula is C25H24O2. The van der Waals surface area contributed by atoms with E-state index in [1.807, 2.05) is 106 Å². The molecule has 0 heterocycles. The Bertz CT molecular complexity index is 936. The number of hydrogen-bond donors (Lipinski definition) is 0. The SMILES string of the molecule is Cc1ccc(C(C)(C)C(=O)/C=C/c2cccc(Oc3ccccc3)c2)cc1. The summed E-state index contributed by atoms with van der Waals surface area (Å²) in [4.78, 5) is 12.8. The number of carbonyl (C=O) groups excluding carboxylic acids is 1. The summed E-state index contributed by atoms with van der Waals surface area (Å²) in [5.41, 5.74) is 2.57. The second-order valence-corrected chi connectivity index (χ2v) is 7.18. The van der Waals surface area contributed by atoms with Crippen LogP contribution in [0.4, 0.5) is 0 Å². The third kappa shape index (κ3) is 4.73. The molecule has 136 valence electrons. The van der Waals surface area contributed by atoms with E-state index >= 15 is 0 Å². The molecule has 3 aromatic rings. The maximum atomic E-state index is 12.8. The minimum atomic E-state index is -0.567. The lowest BCUT2D eigenvalue weighted by atomic mass is 9.80. The zero-order valence-corrected chi connectivity index (χ0v) is 16.0. The highest BCUT2D eigenvalue weighted by atomic mass is 16.5. The van der Waals surface area contributed by atoms with Gasteiger partial charge in [-0.05, 0) is 62.2 Å². The van der Waals surface area contributed by atoms with E-state index in [9.17, 15) is 4.79 Å². The highest BCUT2D eigenvalue weighted by Crippen LogP contribution is 2.26. The Morgan fingerprint density at radius 2 is 1.52 bits per heavy atom. The maximum Gasteiger partial charge on any atom is 0.165 e. The van der Waals surface area contributed by atoms with Gasteiger partial charge in [0.1, 0.15) is 11.5 Å². The summed E-state index contributed by atoms with van der Waals surface area (Å²) in [6.07, 6.45) is 3.50. The zero-order valence-electron chi connectivity index (χ0n) is 16.0. The Balaban J connectivity index is 1.74. The molecule has 0 amide bonds.